The number of hydrogen-bond donors (Lipinski definition) is 1. The summed E-state index contributed by atoms with van der Waals surface area (Å²) in [6.45, 7) is 2.41. The van der Waals surface area contributed by atoms with Crippen LogP contribution in [0.2, 0.25) is 0 Å². The molecule has 0 radical (unpaired) electrons. The fourth-order valence-corrected chi connectivity index (χ4v) is 1.88. The van der Waals surface area contributed by atoms with Gasteiger partial charge in [0.15, 0.2) is 0 Å². The maximum atomic E-state index is 12.3. The van der Waals surface area contributed by atoms with Crippen molar-refractivity contribution in [3.63, 3.8) is 0 Å². The van der Waals surface area contributed by atoms with Crippen LogP contribution in [-0.4, -0.2) is 17.9 Å². The van der Waals surface area contributed by atoms with Gasteiger partial charge >= 0.3 is 0 Å². The molecule has 0 bridgehead atoms. The molecular weight excluding hydrogens is 276 g/mol. The van der Waals surface area contributed by atoms with E-state index in [1.54, 1.807) is 30.3 Å². The SMILES string of the molecule is CC(c1ccco1)N(C)C(=O)c1ccc(CN)cc1.Cl. The van der Waals surface area contributed by atoms with Crippen LogP contribution in [0.15, 0.2) is 47.1 Å². The van der Waals surface area contributed by atoms with Gasteiger partial charge in [0.25, 0.3) is 5.91 Å². The second-order valence-electron chi connectivity index (χ2n) is 4.51. The number of amides is 1. The monoisotopic (exact) mass is 294 g/mol. The van der Waals surface area contributed by atoms with Crippen LogP contribution in [-0.2, 0) is 6.54 Å². The highest BCUT2D eigenvalue weighted by atomic mass is 35.5. The lowest BCUT2D eigenvalue weighted by molar-refractivity contribution is 0.0726. The van der Waals surface area contributed by atoms with Gasteiger partial charge in [0, 0.05) is 19.2 Å². The lowest BCUT2D eigenvalue weighted by Gasteiger charge is -2.23. The maximum absolute atomic E-state index is 12.3. The fourth-order valence-electron chi connectivity index (χ4n) is 1.88. The van der Waals surface area contributed by atoms with Crippen LogP contribution in [0.5, 0.6) is 0 Å². The Balaban J connectivity index is 0.00000200. The quantitative estimate of drug-likeness (QED) is 0.943. The summed E-state index contributed by atoms with van der Waals surface area (Å²) < 4.78 is 5.33. The first kappa shape index (κ1) is 16.3. The van der Waals surface area contributed by atoms with Crippen molar-refractivity contribution in [2.75, 3.05) is 7.05 Å². The molecule has 0 saturated heterocycles. The second kappa shape index (κ2) is 7.12. The zero-order valence-electron chi connectivity index (χ0n) is 11.6. The van der Waals surface area contributed by atoms with Gasteiger partial charge in [-0.1, -0.05) is 12.1 Å². The van der Waals surface area contributed by atoms with Crippen LogP contribution in [0.4, 0.5) is 0 Å². The first-order valence-corrected chi connectivity index (χ1v) is 6.23. The molecule has 5 heteroatoms. The Morgan fingerprint density at radius 3 is 2.45 bits per heavy atom. The molecule has 0 aliphatic rings. The Bertz CT molecular complexity index is 538. The van der Waals surface area contributed by atoms with Gasteiger partial charge in [-0.3, -0.25) is 4.79 Å². The van der Waals surface area contributed by atoms with Crippen LogP contribution in [0.25, 0.3) is 0 Å². The normalized spacial score (nSPS) is 11.6. The van der Waals surface area contributed by atoms with E-state index in [0.717, 1.165) is 11.3 Å². The third-order valence-electron chi connectivity index (χ3n) is 3.29. The second-order valence-corrected chi connectivity index (χ2v) is 4.51. The Morgan fingerprint density at radius 2 is 1.95 bits per heavy atom. The van der Waals surface area contributed by atoms with Crippen LogP contribution >= 0.6 is 12.4 Å². The first-order valence-electron chi connectivity index (χ1n) is 6.23. The molecule has 4 nitrogen and oxygen atoms in total. The summed E-state index contributed by atoms with van der Waals surface area (Å²) in [5.74, 6) is 0.738. The van der Waals surface area contributed by atoms with Gasteiger partial charge < -0.3 is 15.1 Å². The van der Waals surface area contributed by atoms with Crippen molar-refractivity contribution < 1.29 is 9.21 Å². The van der Waals surface area contributed by atoms with E-state index in [4.69, 9.17) is 10.2 Å². The van der Waals surface area contributed by atoms with Crippen LogP contribution in [0.3, 0.4) is 0 Å². The van der Waals surface area contributed by atoms with Gasteiger partial charge in [-0.25, -0.2) is 0 Å². The summed E-state index contributed by atoms with van der Waals surface area (Å²) in [6.07, 6.45) is 1.61. The highest BCUT2D eigenvalue weighted by Crippen LogP contribution is 2.21. The van der Waals surface area contributed by atoms with Crippen molar-refractivity contribution in [1.82, 2.24) is 4.90 Å². The third-order valence-corrected chi connectivity index (χ3v) is 3.29. The van der Waals surface area contributed by atoms with Gasteiger partial charge in [0.1, 0.15) is 5.76 Å². The summed E-state index contributed by atoms with van der Waals surface area (Å²) in [4.78, 5) is 14.0. The minimum Gasteiger partial charge on any atom is -0.467 e. The Hall–Kier alpha value is -1.78. The molecule has 1 aromatic heterocycles. The number of halogens is 1. The lowest BCUT2D eigenvalue weighted by Crippen LogP contribution is -2.29. The lowest BCUT2D eigenvalue weighted by atomic mass is 10.1. The standard InChI is InChI=1S/C15H18N2O2.ClH/c1-11(14-4-3-9-19-14)17(2)15(18)13-7-5-12(10-16)6-8-13;/h3-9,11H,10,16H2,1-2H3;1H. The van der Waals surface area contributed by atoms with Crippen LogP contribution < -0.4 is 5.73 Å². The highest BCUT2D eigenvalue weighted by molar-refractivity contribution is 5.94. The Kier molecular flexibility index (Phi) is 5.80. The molecule has 0 aliphatic heterocycles. The maximum Gasteiger partial charge on any atom is 0.254 e. The van der Waals surface area contributed by atoms with Gasteiger partial charge in [-0.2, -0.15) is 0 Å². The number of hydrogen-bond acceptors (Lipinski definition) is 3. The van der Waals surface area contributed by atoms with Gasteiger partial charge in [-0.05, 0) is 36.8 Å². The molecule has 2 rings (SSSR count). The van der Waals surface area contributed by atoms with Crippen molar-refractivity contribution in [3.8, 4) is 0 Å². The molecule has 1 heterocycles. The van der Waals surface area contributed by atoms with E-state index < -0.39 is 0 Å². The number of carbonyl (C=O) groups excluding carboxylic acids is 1. The van der Waals surface area contributed by atoms with Crippen molar-refractivity contribution in [2.45, 2.75) is 19.5 Å². The highest BCUT2D eigenvalue weighted by Gasteiger charge is 2.20. The van der Waals surface area contributed by atoms with E-state index in [1.807, 2.05) is 31.2 Å². The number of nitrogens with zero attached hydrogens (tertiary/aromatic N) is 1. The molecule has 0 fully saturated rings. The number of carbonyl (C=O) groups is 1. The molecule has 108 valence electrons. The fraction of sp³-hybridized carbons (Fsp3) is 0.267. The van der Waals surface area contributed by atoms with E-state index in [0.29, 0.717) is 12.1 Å². The summed E-state index contributed by atoms with van der Waals surface area (Å²) in [6, 6.07) is 10.9. The van der Waals surface area contributed by atoms with Crippen molar-refractivity contribution >= 4 is 18.3 Å². The van der Waals surface area contributed by atoms with Gasteiger partial charge in [0.05, 0.1) is 12.3 Å². The zero-order valence-corrected chi connectivity index (χ0v) is 12.4. The van der Waals surface area contributed by atoms with Gasteiger partial charge in [-0.15, -0.1) is 12.4 Å². The topological polar surface area (TPSA) is 59.5 Å². The smallest absolute Gasteiger partial charge is 0.254 e. The minimum absolute atomic E-state index is 0. The van der Waals surface area contributed by atoms with Crippen molar-refractivity contribution in [2.24, 2.45) is 5.73 Å². The van der Waals surface area contributed by atoms with Crippen LogP contribution in [0, 0.1) is 0 Å². The number of nitrogens with two attached hydrogens (primary N) is 1. The molecule has 0 aliphatic carbocycles. The molecule has 1 aromatic carbocycles. The van der Waals surface area contributed by atoms with E-state index in [9.17, 15) is 4.79 Å². The largest absolute Gasteiger partial charge is 0.467 e. The van der Waals surface area contributed by atoms with Crippen molar-refractivity contribution in [1.29, 1.82) is 0 Å². The average Bonchev–Trinajstić information content (AvgIpc) is 2.99. The summed E-state index contributed by atoms with van der Waals surface area (Å²) in [5.41, 5.74) is 7.20. The molecule has 1 unspecified atom stereocenters. The molecule has 0 spiro atoms. The van der Waals surface area contributed by atoms with E-state index in [1.165, 1.54) is 0 Å². The van der Waals surface area contributed by atoms with Crippen LogP contribution in [0.1, 0.15) is 34.6 Å². The number of rotatable bonds is 4. The summed E-state index contributed by atoms with van der Waals surface area (Å²) in [5, 5.41) is 0. The molecule has 2 N–H and O–H groups in total. The summed E-state index contributed by atoms with van der Waals surface area (Å²) in [7, 11) is 1.77. The first-order chi connectivity index (χ1) is 9.13. The zero-order chi connectivity index (χ0) is 13.8. The average molecular weight is 295 g/mol. The molecule has 2 aromatic rings. The molecular formula is C15H19ClN2O2. The minimum atomic E-state index is -0.100. The number of benzene rings is 1. The molecule has 0 saturated carbocycles. The van der Waals surface area contributed by atoms with Crippen molar-refractivity contribution in [3.05, 3.63) is 59.5 Å². The Morgan fingerprint density at radius 1 is 1.30 bits per heavy atom. The summed E-state index contributed by atoms with van der Waals surface area (Å²) >= 11 is 0. The van der Waals surface area contributed by atoms with E-state index >= 15 is 0 Å². The van der Waals surface area contributed by atoms with E-state index in [2.05, 4.69) is 0 Å². The third kappa shape index (κ3) is 3.40. The number of furan rings is 1. The van der Waals surface area contributed by atoms with Gasteiger partial charge in [0.2, 0.25) is 0 Å². The Labute approximate surface area is 125 Å². The predicted octanol–water partition coefficient (Wildman–Crippen LogP) is 2.99. The molecule has 1 atom stereocenters. The van der Waals surface area contributed by atoms with E-state index in [-0.39, 0.29) is 24.4 Å². The molecule has 1 amide bonds. The predicted molar refractivity (Wildman–Crippen MR) is 80.8 cm³/mol. The molecule has 20 heavy (non-hydrogen) atoms.